The van der Waals surface area contributed by atoms with Crippen LogP contribution >= 0.6 is 32.3 Å². The summed E-state index contributed by atoms with van der Waals surface area (Å²) in [6.45, 7) is 8.90. The topological polar surface area (TPSA) is 66.9 Å². The maximum atomic E-state index is 14.2. The fourth-order valence-electron chi connectivity index (χ4n) is 4.60. The fraction of sp³-hybridized carbons (Fsp3) is 0.500. The zero-order chi connectivity index (χ0) is 26.3. The molecule has 0 amide bonds. The molecule has 1 aliphatic rings. The second-order valence-electron chi connectivity index (χ2n) is 8.94. The van der Waals surface area contributed by atoms with Gasteiger partial charge in [-0.2, -0.15) is 4.08 Å². The predicted molar refractivity (Wildman–Crippen MR) is 156 cm³/mol. The van der Waals surface area contributed by atoms with Gasteiger partial charge in [-0.3, -0.25) is 4.79 Å². The van der Waals surface area contributed by atoms with E-state index in [-0.39, 0.29) is 20.5 Å². The first-order valence-electron chi connectivity index (χ1n) is 12.2. The van der Waals surface area contributed by atoms with Crippen molar-refractivity contribution < 1.29 is 17.9 Å². The Balaban J connectivity index is 2.16. The van der Waals surface area contributed by atoms with Crippen molar-refractivity contribution in [1.29, 1.82) is 0 Å². The molecule has 0 spiro atoms. The van der Waals surface area contributed by atoms with Gasteiger partial charge >= 0.3 is 5.97 Å². The van der Waals surface area contributed by atoms with Crippen LogP contribution in [0.5, 0.6) is 0 Å². The molecular weight excluding hydrogens is 531 g/mol. The Morgan fingerprint density at radius 3 is 2.53 bits per heavy atom. The Morgan fingerprint density at radius 2 is 1.92 bits per heavy atom. The number of hydrogen-bond acceptors (Lipinski definition) is 7. The predicted octanol–water partition coefficient (Wildman–Crippen LogP) is 6.52. The lowest BCUT2D eigenvalue weighted by Gasteiger charge is -2.40. The van der Waals surface area contributed by atoms with Crippen LogP contribution in [0.25, 0.3) is 0 Å². The molecule has 0 N–H and O–H groups in total. The lowest BCUT2D eigenvalue weighted by molar-refractivity contribution is -0.139. The van der Waals surface area contributed by atoms with Gasteiger partial charge in [-0.15, -0.1) is 23.5 Å². The molecule has 2 atom stereocenters. The maximum absolute atomic E-state index is 14.2. The second-order valence-corrected chi connectivity index (χ2v) is 13.8. The monoisotopic (exact) mass is 568 g/mol. The molecule has 36 heavy (non-hydrogen) atoms. The molecule has 0 radical (unpaired) electrons. The summed E-state index contributed by atoms with van der Waals surface area (Å²) in [4.78, 5) is 15.4. The first-order chi connectivity index (χ1) is 17.2. The van der Waals surface area contributed by atoms with Crippen molar-refractivity contribution in [2.24, 2.45) is 0 Å². The van der Waals surface area contributed by atoms with Crippen molar-refractivity contribution in [1.82, 2.24) is 4.08 Å². The van der Waals surface area contributed by atoms with Crippen LogP contribution in [-0.2, 0) is 25.3 Å². The van der Waals surface area contributed by atoms with Crippen LogP contribution in [0.1, 0.15) is 45.6 Å². The van der Waals surface area contributed by atoms with Crippen LogP contribution in [0, 0.1) is 0 Å². The largest absolute Gasteiger partial charge is 0.465 e. The van der Waals surface area contributed by atoms with E-state index in [1.54, 1.807) is 22.8 Å². The van der Waals surface area contributed by atoms with E-state index in [0.717, 1.165) is 35.4 Å². The van der Waals surface area contributed by atoms with E-state index in [1.165, 1.54) is 11.8 Å². The minimum absolute atomic E-state index is 0.115. The van der Waals surface area contributed by atoms with E-state index in [4.69, 9.17) is 4.74 Å². The minimum atomic E-state index is -3.75. The van der Waals surface area contributed by atoms with Crippen LogP contribution in [0.2, 0.25) is 0 Å². The molecule has 2 aromatic carbocycles. The Kier molecular flexibility index (Phi) is 10.6. The van der Waals surface area contributed by atoms with Crippen LogP contribution in [0.15, 0.2) is 52.3 Å². The number of esters is 1. The summed E-state index contributed by atoms with van der Waals surface area (Å²) in [5.74, 6) is 0.514. The molecule has 6 nitrogen and oxygen atoms in total. The molecule has 0 aromatic heterocycles. The molecule has 1 heterocycles. The third-order valence-electron chi connectivity index (χ3n) is 6.28. The van der Waals surface area contributed by atoms with Crippen LogP contribution in [0.4, 0.5) is 11.4 Å². The number of para-hydroxylation sites is 1. The third-order valence-corrected chi connectivity index (χ3v) is 12.1. The summed E-state index contributed by atoms with van der Waals surface area (Å²) in [5.41, 5.74) is 2.07. The lowest BCUT2D eigenvalue weighted by Crippen LogP contribution is -2.49. The van der Waals surface area contributed by atoms with Crippen LogP contribution < -0.4 is 4.90 Å². The zero-order valence-electron chi connectivity index (χ0n) is 21.7. The highest BCUT2D eigenvalue weighted by Gasteiger charge is 2.45. The van der Waals surface area contributed by atoms with Crippen LogP contribution in [0.3, 0.4) is 0 Å². The Labute approximate surface area is 226 Å². The minimum Gasteiger partial charge on any atom is -0.465 e. The first-order valence-corrected chi connectivity index (χ1v) is 17.5. The number of thioether (sulfide) groups is 2. The average Bonchev–Trinajstić information content (AvgIpc) is 2.93. The number of sulfonamides is 1. The summed E-state index contributed by atoms with van der Waals surface area (Å²) in [6, 6.07) is 13.9. The number of hydrogen-bond donors (Lipinski definition) is 0. The number of nitrogens with zero attached hydrogens (tertiary/aromatic N) is 2. The molecule has 10 heteroatoms. The van der Waals surface area contributed by atoms with E-state index in [2.05, 4.69) is 18.7 Å². The quantitative estimate of drug-likeness (QED) is 0.174. The van der Waals surface area contributed by atoms with Crippen molar-refractivity contribution in [3.8, 4) is 0 Å². The fourth-order valence-corrected chi connectivity index (χ4v) is 9.76. The number of anilines is 2. The molecule has 3 rings (SSSR count). The van der Waals surface area contributed by atoms with Gasteiger partial charge in [0.05, 0.1) is 23.6 Å². The number of rotatable bonds is 11. The zero-order valence-corrected chi connectivity index (χ0v) is 25.2. The molecule has 1 aliphatic heterocycles. The highest BCUT2D eigenvalue weighted by atomic mass is 32.2. The van der Waals surface area contributed by atoms with Crippen molar-refractivity contribution in [2.75, 3.05) is 36.7 Å². The summed E-state index contributed by atoms with van der Waals surface area (Å²) in [5, 5.41) is 0. The van der Waals surface area contributed by atoms with E-state index in [1.807, 2.05) is 55.4 Å². The number of ether oxygens (including phenoxy) is 1. The first kappa shape index (κ1) is 29.3. The van der Waals surface area contributed by atoms with Gasteiger partial charge in [0.1, 0.15) is 4.90 Å². The standard InChI is InChI=1S/C26H37N2O4PS3/c1-6-8-14-26(3)19-27(21-12-10-9-11-13-21)22-16-23(34-5)20(17-35-18-25(29)32-7-2)15-24(22)36(30,31)28(26)33-4/h9-13,15-16,33H,6-8,14,17-19H2,1-5H3. The van der Waals surface area contributed by atoms with E-state index in [0.29, 0.717) is 29.5 Å². The summed E-state index contributed by atoms with van der Waals surface area (Å²) in [7, 11) is -3.64. The second kappa shape index (κ2) is 13.0. The SMILES string of the molecule is CCCCC1(C)CN(c2ccccc2)c2cc(SC)c(CSCC(=O)OCC)cc2S(=O)(=O)N1PC. The lowest BCUT2D eigenvalue weighted by atomic mass is 9.94. The molecule has 0 bridgehead atoms. The van der Waals surface area contributed by atoms with Gasteiger partial charge < -0.3 is 9.64 Å². The van der Waals surface area contributed by atoms with E-state index >= 15 is 0 Å². The summed E-state index contributed by atoms with van der Waals surface area (Å²) >= 11 is 3.05. The van der Waals surface area contributed by atoms with Crippen molar-refractivity contribution in [3.63, 3.8) is 0 Å². The number of carbonyl (C=O) groups excluding carboxylic acids is 1. The Hall–Kier alpha value is -1.25. The van der Waals surface area contributed by atoms with Crippen molar-refractivity contribution >= 4 is 59.6 Å². The molecule has 0 fully saturated rings. The molecule has 2 aromatic rings. The van der Waals surface area contributed by atoms with E-state index < -0.39 is 15.6 Å². The highest BCUT2D eigenvalue weighted by molar-refractivity contribution is 7.99. The number of unbranched alkanes of at least 4 members (excludes halogenated alkanes) is 1. The number of benzene rings is 2. The van der Waals surface area contributed by atoms with Gasteiger partial charge in [-0.05, 0) is 71.7 Å². The smallest absolute Gasteiger partial charge is 0.315 e. The van der Waals surface area contributed by atoms with Gasteiger partial charge in [-0.25, -0.2) is 8.42 Å². The molecule has 2 unspecified atom stereocenters. The number of carbonyl (C=O) groups is 1. The van der Waals surface area contributed by atoms with Crippen molar-refractivity contribution in [3.05, 3.63) is 48.0 Å². The van der Waals surface area contributed by atoms with Gasteiger partial charge in [-0.1, -0.05) is 38.0 Å². The Bertz CT molecular complexity index is 1150. The highest BCUT2D eigenvalue weighted by Crippen LogP contribution is 2.48. The Morgan fingerprint density at radius 1 is 1.19 bits per heavy atom. The molecular formula is C26H37N2O4PS3. The van der Waals surface area contributed by atoms with Gasteiger partial charge in [0.2, 0.25) is 10.0 Å². The summed E-state index contributed by atoms with van der Waals surface area (Å²) in [6.07, 6.45) is 4.76. The third kappa shape index (κ3) is 6.41. The van der Waals surface area contributed by atoms with Crippen LogP contribution in [-0.4, -0.2) is 55.8 Å². The molecule has 0 aliphatic carbocycles. The van der Waals surface area contributed by atoms with Crippen molar-refractivity contribution in [2.45, 2.75) is 61.1 Å². The van der Waals surface area contributed by atoms with Gasteiger partial charge in [0, 0.05) is 22.9 Å². The molecule has 0 saturated heterocycles. The maximum Gasteiger partial charge on any atom is 0.315 e. The van der Waals surface area contributed by atoms with E-state index in [9.17, 15) is 13.2 Å². The molecule has 0 saturated carbocycles. The average molecular weight is 569 g/mol. The molecule has 198 valence electrons. The van der Waals surface area contributed by atoms with Gasteiger partial charge in [0.15, 0.2) is 0 Å². The summed E-state index contributed by atoms with van der Waals surface area (Å²) < 4.78 is 35.3. The number of fused-ring (bicyclic) bond motifs is 1. The normalized spacial score (nSPS) is 19.9. The van der Waals surface area contributed by atoms with Gasteiger partial charge in [0.25, 0.3) is 0 Å².